The smallest absolute Gasteiger partial charge is 0.161 e. The average Bonchev–Trinajstić information content (AvgIpc) is 2.67. The largest absolute Gasteiger partial charge is 0.493 e. The van der Waals surface area contributed by atoms with E-state index >= 15 is 0 Å². The fourth-order valence-corrected chi connectivity index (χ4v) is 2.96. The average molecular weight is 387 g/mol. The number of aliphatic hydroxyl groups excluding tert-OH is 1. The van der Waals surface area contributed by atoms with Crippen LogP contribution in [0.1, 0.15) is 25.0 Å². The molecule has 0 saturated heterocycles. The fraction of sp³-hybridized carbons (Fsp3) is 0.478. The van der Waals surface area contributed by atoms with Gasteiger partial charge in [0.25, 0.3) is 0 Å². The first-order valence-corrected chi connectivity index (χ1v) is 9.79. The van der Waals surface area contributed by atoms with Crippen molar-refractivity contribution < 1.29 is 14.6 Å². The van der Waals surface area contributed by atoms with Crippen molar-refractivity contribution in [1.82, 2.24) is 9.80 Å². The molecule has 2 rings (SSSR count). The van der Waals surface area contributed by atoms with Gasteiger partial charge in [0, 0.05) is 25.7 Å². The molecule has 5 heteroatoms. The highest BCUT2D eigenvalue weighted by molar-refractivity contribution is 5.43. The molecule has 0 heterocycles. The van der Waals surface area contributed by atoms with Crippen LogP contribution in [-0.2, 0) is 13.1 Å². The Labute approximate surface area is 169 Å². The number of nitrogens with zero attached hydrogens (tertiary/aromatic N) is 2. The third-order valence-electron chi connectivity index (χ3n) is 4.79. The molecule has 0 radical (unpaired) electrons. The highest BCUT2D eigenvalue weighted by Crippen LogP contribution is 2.28. The standard InChI is InChI=1S/C23H34N2O3/c1-18(2)25(4)15-20-11-12-22(27-5)23(13-20)28-17-21(26)16-24(3)14-19-9-7-6-8-10-19/h6-13,18,21,26H,14-17H2,1-5H3/t21-/m0/s1. The topological polar surface area (TPSA) is 45.2 Å². The van der Waals surface area contributed by atoms with E-state index in [-0.39, 0.29) is 6.61 Å². The van der Waals surface area contributed by atoms with Gasteiger partial charge in [-0.05, 0) is 51.2 Å². The van der Waals surface area contributed by atoms with Crippen molar-refractivity contribution in [2.75, 3.05) is 34.4 Å². The van der Waals surface area contributed by atoms with Gasteiger partial charge in [-0.3, -0.25) is 9.80 Å². The first kappa shape index (κ1) is 22.2. The Kier molecular flexibility index (Phi) is 8.77. The normalized spacial score (nSPS) is 12.6. The predicted molar refractivity (Wildman–Crippen MR) is 114 cm³/mol. The summed E-state index contributed by atoms with van der Waals surface area (Å²) < 4.78 is 11.3. The summed E-state index contributed by atoms with van der Waals surface area (Å²) in [5, 5.41) is 10.4. The van der Waals surface area contributed by atoms with Crippen LogP contribution in [0.15, 0.2) is 48.5 Å². The zero-order chi connectivity index (χ0) is 20.5. The van der Waals surface area contributed by atoms with E-state index in [0.717, 1.165) is 18.7 Å². The van der Waals surface area contributed by atoms with Gasteiger partial charge in [-0.1, -0.05) is 36.4 Å². The Balaban J connectivity index is 1.90. The summed E-state index contributed by atoms with van der Waals surface area (Å²) in [6.07, 6.45) is -0.583. The van der Waals surface area contributed by atoms with Crippen LogP contribution in [0.5, 0.6) is 11.5 Å². The van der Waals surface area contributed by atoms with Gasteiger partial charge in [0.1, 0.15) is 12.7 Å². The summed E-state index contributed by atoms with van der Waals surface area (Å²) in [6.45, 7) is 6.72. The van der Waals surface area contributed by atoms with E-state index < -0.39 is 6.10 Å². The van der Waals surface area contributed by atoms with Crippen molar-refractivity contribution in [3.8, 4) is 11.5 Å². The van der Waals surface area contributed by atoms with E-state index in [1.807, 2.05) is 37.4 Å². The Morgan fingerprint density at radius 1 is 0.929 bits per heavy atom. The minimum absolute atomic E-state index is 0.221. The molecule has 0 aliphatic carbocycles. The molecule has 0 bridgehead atoms. The van der Waals surface area contributed by atoms with Crippen LogP contribution in [-0.4, -0.2) is 61.4 Å². The molecule has 0 aliphatic heterocycles. The van der Waals surface area contributed by atoms with E-state index in [0.29, 0.717) is 24.1 Å². The maximum atomic E-state index is 10.4. The highest BCUT2D eigenvalue weighted by atomic mass is 16.5. The van der Waals surface area contributed by atoms with E-state index in [2.05, 4.69) is 48.9 Å². The number of benzene rings is 2. The molecule has 2 aromatic rings. The summed E-state index contributed by atoms with van der Waals surface area (Å²) in [6, 6.07) is 16.7. The second-order valence-electron chi connectivity index (χ2n) is 7.64. The van der Waals surface area contributed by atoms with Gasteiger partial charge in [-0.2, -0.15) is 0 Å². The highest BCUT2D eigenvalue weighted by Gasteiger charge is 2.13. The number of hydrogen-bond donors (Lipinski definition) is 1. The van der Waals surface area contributed by atoms with Crippen LogP contribution in [0.4, 0.5) is 0 Å². The molecule has 0 saturated carbocycles. The van der Waals surface area contributed by atoms with Crippen molar-refractivity contribution >= 4 is 0 Å². The predicted octanol–water partition coefficient (Wildman–Crippen LogP) is 3.41. The molecule has 0 fully saturated rings. The summed E-state index contributed by atoms with van der Waals surface area (Å²) in [7, 11) is 5.73. The van der Waals surface area contributed by atoms with Gasteiger partial charge < -0.3 is 14.6 Å². The molecule has 0 aromatic heterocycles. The first-order valence-electron chi connectivity index (χ1n) is 9.79. The summed E-state index contributed by atoms with van der Waals surface area (Å²) in [5.74, 6) is 1.35. The molecule has 0 unspecified atom stereocenters. The summed E-state index contributed by atoms with van der Waals surface area (Å²) in [5.41, 5.74) is 2.38. The number of methoxy groups -OCH3 is 1. The van der Waals surface area contributed by atoms with Crippen LogP contribution in [0.2, 0.25) is 0 Å². The van der Waals surface area contributed by atoms with Gasteiger partial charge in [-0.25, -0.2) is 0 Å². The Morgan fingerprint density at radius 3 is 2.29 bits per heavy atom. The van der Waals surface area contributed by atoms with E-state index in [1.54, 1.807) is 7.11 Å². The molecule has 5 nitrogen and oxygen atoms in total. The zero-order valence-electron chi connectivity index (χ0n) is 17.8. The van der Waals surface area contributed by atoms with Crippen molar-refractivity contribution in [2.24, 2.45) is 0 Å². The van der Waals surface area contributed by atoms with Gasteiger partial charge in [0.2, 0.25) is 0 Å². The molecule has 154 valence electrons. The zero-order valence-corrected chi connectivity index (χ0v) is 17.8. The van der Waals surface area contributed by atoms with Gasteiger partial charge in [0.05, 0.1) is 7.11 Å². The van der Waals surface area contributed by atoms with Crippen molar-refractivity contribution in [3.63, 3.8) is 0 Å². The number of rotatable bonds is 11. The molecule has 2 aromatic carbocycles. The molecule has 0 aliphatic rings. The van der Waals surface area contributed by atoms with Crippen molar-refractivity contribution in [1.29, 1.82) is 0 Å². The van der Waals surface area contributed by atoms with Crippen molar-refractivity contribution in [3.05, 3.63) is 59.7 Å². The van der Waals surface area contributed by atoms with Crippen LogP contribution < -0.4 is 9.47 Å². The number of hydrogen-bond acceptors (Lipinski definition) is 5. The second-order valence-corrected chi connectivity index (χ2v) is 7.64. The van der Waals surface area contributed by atoms with Gasteiger partial charge in [0.15, 0.2) is 11.5 Å². The summed E-state index contributed by atoms with van der Waals surface area (Å²) in [4.78, 5) is 4.35. The molecule has 28 heavy (non-hydrogen) atoms. The molecule has 0 amide bonds. The fourth-order valence-electron chi connectivity index (χ4n) is 2.96. The SMILES string of the molecule is COc1ccc(CN(C)C(C)C)cc1OC[C@@H](O)CN(C)Cc1ccccc1. The number of aliphatic hydroxyl groups is 1. The minimum Gasteiger partial charge on any atom is -0.493 e. The Morgan fingerprint density at radius 2 is 1.64 bits per heavy atom. The van der Waals surface area contributed by atoms with E-state index in [4.69, 9.17) is 9.47 Å². The summed E-state index contributed by atoms with van der Waals surface area (Å²) >= 11 is 0. The Bertz CT molecular complexity index is 706. The van der Waals surface area contributed by atoms with Gasteiger partial charge in [-0.15, -0.1) is 0 Å². The molecule has 1 atom stereocenters. The molecular weight excluding hydrogens is 352 g/mol. The van der Waals surface area contributed by atoms with Crippen LogP contribution in [0.3, 0.4) is 0 Å². The molecule has 0 spiro atoms. The third-order valence-corrected chi connectivity index (χ3v) is 4.79. The minimum atomic E-state index is -0.583. The molecule has 1 N–H and O–H groups in total. The number of likely N-dealkylation sites (N-methyl/N-ethyl adjacent to an activating group) is 1. The van der Waals surface area contributed by atoms with E-state index in [1.165, 1.54) is 5.56 Å². The first-order chi connectivity index (χ1) is 13.4. The second kappa shape index (κ2) is 11.1. The lowest BCUT2D eigenvalue weighted by molar-refractivity contribution is 0.0732. The van der Waals surface area contributed by atoms with Crippen LogP contribution in [0.25, 0.3) is 0 Å². The maximum Gasteiger partial charge on any atom is 0.161 e. The monoisotopic (exact) mass is 386 g/mol. The molecular formula is C23H34N2O3. The lowest BCUT2D eigenvalue weighted by Gasteiger charge is -2.23. The third kappa shape index (κ3) is 7.15. The quantitative estimate of drug-likeness (QED) is 0.641. The van der Waals surface area contributed by atoms with E-state index in [9.17, 15) is 5.11 Å². The van der Waals surface area contributed by atoms with Gasteiger partial charge >= 0.3 is 0 Å². The number of ether oxygens (including phenoxy) is 2. The maximum absolute atomic E-state index is 10.4. The lowest BCUT2D eigenvalue weighted by atomic mass is 10.1. The Hall–Kier alpha value is -2.08. The van der Waals surface area contributed by atoms with Crippen molar-refractivity contribution in [2.45, 2.75) is 39.1 Å². The lowest BCUT2D eigenvalue weighted by Crippen LogP contribution is -2.32. The van der Waals surface area contributed by atoms with Crippen LogP contribution in [0, 0.1) is 0 Å². The van der Waals surface area contributed by atoms with Crippen LogP contribution >= 0.6 is 0 Å².